The molecule has 1 saturated heterocycles. The van der Waals surface area contributed by atoms with Crippen molar-refractivity contribution in [2.45, 2.75) is 65.0 Å². The summed E-state index contributed by atoms with van der Waals surface area (Å²) in [6.07, 6.45) is 2.37. The fraction of sp³-hybridized carbons (Fsp3) is 0.524. The molecular weight excluding hydrogens is 358 g/mol. The van der Waals surface area contributed by atoms with Gasteiger partial charge in [0, 0.05) is 24.1 Å². The van der Waals surface area contributed by atoms with Gasteiger partial charge in [-0.3, -0.25) is 19.2 Å². The van der Waals surface area contributed by atoms with Crippen LogP contribution in [0.15, 0.2) is 24.3 Å². The molecule has 3 rings (SSSR count). The van der Waals surface area contributed by atoms with Gasteiger partial charge in [0.05, 0.1) is 12.1 Å². The second kappa shape index (κ2) is 7.37. The smallest absolute Gasteiger partial charge is 0.257 e. The van der Waals surface area contributed by atoms with Gasteiger partial charge in [0.25, 0.3) is 5.91 Å². The van der Waals surface area contributed by atoms with Crippen LogP contribution in [-0.4, -0.2) is 40.1 Å². The molecule has 1 atom stereocenters. The van der Waals surface area contributed by atoms with E-state index in [1.807, 2.05) is 20.8 Å². The highest BCUT2D eigenvalue weighted by molar-refractivity contribution is 6.23. The van der Waals surface area contributed by atoms with Crippen molar-refractivity contribution in [3.63, 3.8) is 0 Å². The Morgan fingerprint density at radius 2 is 1.79 bits per heavy atom. The molecule has 1 unspecified atom stereocenters. The largest absolute Gasteiger partial charge is 0.326 e. The van der Waals surface area contributed by atoms with E-state index in [1.165, 1.54) is 6.92 Å². The minimum atomic E-state index is -0.773. The van der Waals surface area contributed by atoms with Crippen molar-refractivity contribution < 1.29 is 19.2 Å². The summed E-state index contributed by atoms with van der Waals surface area (Å²) in [5.41, 5.74) is 0.523. The molecule has 1 aliphatic heterocycles. The van der Waals surface area contributed by atoms with Crippen LogP contribution in [0.25, 0.3) is 0 Å². The number of hydrogen-bond donors (Lipinski definition) is 1. The summed E-state index contributed by atoms with van der Waals surface area (Å²) >= 11 is 0. The number of nitrogens with one attached hydrogen (secondary N) is 1. The van der Waals surface area contributed by atoms with Gasteiger partial charge in [-0.2, -0.15) is 0 Å². The number of carbonyl (C=O) groups is 4. The molecule has 150 valence electrons. The molecule has 7 nitrogen and oxygen atoms in total. The molecule has 0 bridgehead atoms. The van der Waals surface area contributed by atoms with E-state index in [0.29, 0.717) is 17.8 Å². The Labute approximate surface area is 165 Å². The van der Waals surface area contributed by atoms with E-state index in [-0.39, 0.29) is 36.0 Å². The molecule has 2 fully saturated rings. The third kappa shape index (κ3) is 3.79. The van der Waals surface area contributed by atoms with Crippen LogP contribution in [0, 0.1) is 5.92 Å². The fourth-order valence-corrected chi connectivity index (χ4v) is 3.56. The molecule has 1 N–H and O–H groups in total. The third-order valence-electron chi connectivity index (χ3n) is 5.56. The van der Waals surface area contributed by atoms with E-state index in [0.717, 1.165) is 17.7 Å². The summed E-state index contributed by atoms with van der Waals surface area (Å²) in [5, 5.41) is 2.65. The van der Waals surface area contributed by atoms with Crippen LogP contribution in [0.5, 0.6) is 0 Å². The highest BCUT2D eigenvalue weighted by atomic mass is 16.2. The number of rotatable bonds is 6. The number of benzene rings is 1. The second-order valence-electron chi connectivity index (χ2n) is 8.16. The maximum atomic E-state index is 13.2. The Kier molecular flexibility index (Phi) is 5.28. The number of imide groups is 1. The molecule has 1 heterocycles. The zero-order chi connectivity index (χ0) is 20.6. The van der Waals surface area contributed by atoms with Gasteiger partial charge >= 0.3 is 0 Å². The number of nitrogens with zero attached hydrogens (tertiary/aromatic N) is 2. The van der Waals surface area contributed by atoms with Crippen LogP contribution in [0.3, 0.4) is 0 Å². The zero-order valence-electron chi connectivity index (χ0n) is 16.8. The lowest BCUT2D eigenvalue weighted by atomic mass is 9.95. The number of carbonyl (C=O) groups excluding carboxylic acids is 4. The molecule has 1 aromatic carbocycles. The third-order valence-corrected chi connectivity index (χ3v) is 5.56. The lowest BCUT2D eigenvalue weighted by molar-refractivity contribution is -0.146. The van der Waals surface area contributed by atoms with Gasteiger partial charge in [0.1, 0.15) is 6.04 Å². The predicted molar refractivity (Wildman–Crippen MR) is 106 cm³/mol. The van der Waals surface area contributed by atoms with Crippen molar-refractivity contribution in [2.75, 3.05) is 10.2 Å². The van der Waals surface area contributed by atoms with Gasteiger partial charge in [-0.1, -0.05) is 6.92 Å². The SMILES string of the molecule is CCC(C)(C)N(C(=O)C1CC1)C1CC(=O)N(c2ccc(NC(C)=O)cc2)C1=O. The molecule has 28 heavy (non-hydrogen) atoms. The summed E-state index contributed by atoms with van der Waals surface area (Å²) < 4.78 is 0. The zero-order valence-corrected chi connectivity index (χ0v) is 16.8. The van der Waals surface area contributed by atoms with Crippen molar-refractivity contribution in [2.24, 2.45) is 5.92 Å². The monoisotopic (exact) mass is 385 g/mol. The Hall–Kier alpha value is -2.70. The average Bonchev–Trinajstić information content (AvgIpc) is 3.43. The minimum absolute atomic E-state index is 0.00578. The maximum Gasteiger partial charge on any atom is 0.257 e. The van der Waals surface area contributed by atoms with Gasteiger partial charge in [-0.25, -0.2) is 4.90 Å². The highest BCUT2D eigenvalue weighted by Crippen LogP contribution is 2.38. The Morgan fingerprint density at radius 3 is 2.29 bits per heavy atom. The molecule has 4 amide bonds. The van der Waals surface area contributed by atoms with Crippen LogP contribution in [0.2, 0.25) is 0 Å². The van der Waals surface area contributed by atoms with Crippen LogP contribution in [-0.2, 0) is 19.2 Å². The van der Waals surface area contributed by atoms with Gasteiger partial charge in [-0.15, -0.1) is 0 Å². The standard InChI is InChI=1S/C21H27N3O4/c1-5-21(3,4)24(19(27)14-6-7-14)17-12-18(26)23(20(17)28)16-10-8-15(9-11-16)22-13(2)25/h8-11,14,17H,5-7,12H2,1-4H3,(H,22,25). The average molecular weight is 385 g/mol. The maximum absolute atomic E-state index is 13.2. The minimum Gasteiger partial charge on any atom is -0.326 e. The lowest BCUT2D eigenvalue weighted by Gasteiger charge is -2.41. The van der Waals surface area contributed by atoms with Crippen LogP contribution >= 0.6 is 0 Å². The normalized spacial score (nSPS) is 19.7. The van der Waals surface area contributed by atoms with E-state index in [4.69, 9.17) is 0 Å². The van der Waals surface area contributed by atoms with Crippen LogP contribution < -0.4 is 10.2 Å². The summed E-state index contributed by atoms with van der Waals surface area (Å²) in [5.74, 6) is -0.937. The second-order valence-corrected chi connectivity index (χ2v) is 8.16. The lowest BCUT2D eigenvalue weighted by Crippen LogP contribution is -2.56. The Bertz CT molecular complexity index is 811. The van der Waals surface area contributed by atoms with E-state index < -0.39 is 11.6 Å². The molecule has 1 aliphatic carbocycles. The first-order valence-electron chi connectivity index (χ1n) is 9.73. The van der Waals surface area contributed by atoms with Crippen LogP contribution in [0.4, 0.5) is 11.4 Å². The van der Waals surface area contributed by atoms with Crippen molar-refractivity contribution in [3.8, 4) is 0 Å². The summed E-state index contributed by atoms with van der Waals surface area (Å²) in [6, 6.07) is 5.77. The topological polar surface area (TPSA) is 86.8 Å². The number of amides is 4. The van der Waals surface area contributed by atoms with E-state index in [1.54, 1.807) is 29.2 Å². The quantitative estimate of drug-likeness (QED) is 0.763. The van der Waals surface area contributed by atoms with E-state index in [9.17, 15) is 19.2 Å². The van der Waals surface area contributed by atoms with Gasteiger partial charge in [0.2, 0.25) is 17.7 Å². The fourth-order valence-electron chi connectivity index (χ4n) is 3.56. The van der Waals surface area contributed by atoms with Gasteiger partial charge in [0.15, 0.2) is 0 Å². The van der Waals surface area contributed by atoms with Crippen LogP contribution in [0.1, 0.15) is 53.4 Å². The first kappa shape index (κ1) is 20.0. The Morgan fingerprint density at radius 1 is 1.18 bits per heavy atom. The molecule has 7 heteroatoms. The summed E-state index contributed by atoms with van der Waals surface area (Å²) in [6.45, 7) is 7.27. The summed E-state index contributed by atoms with van der Waals surface area (Å²) in [4.78, 5) is 52.8. The van der Waals surface area contributed by atoms with Gasteiger partial charge in [-0.05, 0) is 57.4 Å². The van der Waals surface area contributed by atoms with Gasteiger partial charge < -0.3 is 10.2 Å². The molecule has 0 radical (unpaired) electrons. The summed E-state index contributed by atoms with van der Waals surface area (Å²) in [7, 11) is 0. The predicted octanol–water partition coefficient (Wildman–Crippen LogP) is 2.70. The number of anilines is 2. The van der Waals surface area contributed by atoms with Crippen molar-refractivity contribution >= 4 is 35.0 Å². The first-order chi connectivity index (χ1) is 13.2. The molecule has 2 aliphatic rings. The molecular formula is C21H27N3O4. The van der Waals surface area contributed by atoms with E-state index in [2.05, 4.69) is 5.32 Å². The first-order valence-corrected chi connectivity index (χ1v) is 9.73. The highest BCUT2D eigenvalue weighted by Gasteiger charge is 2.50. The molecule has 0 aromatic heterocycles. The van der Waals surface area contributed by atoms with Crippen molar-refractivity contribution in [1.29, 1.82) is 0 Å². The number of hydrogen-bond acceptors (Lipinski definition) is 4. The van der Waals surface area contributed by atoms with E-state index >= 15 is 0 Å². The van der Waals surface area contributed by atoms with Crippen molar-refractivity contribution in [3.05, 3.63) is 24.3 Å². The molecule has 1 aromatic rings. The Balaban J connectivity index is 1.87. The molecule has 0 spiro atoms. The van der Waals surface area contributed by atoms with Crippen molar-refractivity contribution in [1.82, 2.24) is 4.90 Å². The molecule has 1 saturated carbocycles.